The van der Waals surface area contributed by atoms with Crippen LogP contribution in [0.2, 0.25) is 5.02 Å². The average molecular weight is 449 g/mol. The van der Waals surface area contributed by atoms with Crippen molar-refractivity contribution in [3.05, 3.63) is 95.0 Å². The number of rotatable bonds is 4. The molecule has 0 aromatic heterocycles. The number of nitrogens with zero attached hydrogens (tertiary/aromatic N) is 2. The molecule has 2 saturated heterocycles. The van der Waals surface area contributed by atoms with Crippen LogP contribution >= 0.6 is 11.6 Å². The molecular weight excluding hydrogens is 432 g/mol. The van der Waals surface area contributed by atoms with Crippen LogP contribution in [0.4, 0.5) is 11.4 Å². The molecule has 32 heavy (non-hydrogen) atoms. The average Bonchev–Trinajstić information content (AvgIpc) is 3.31. The summed E-state index contributed by atoms with van der Waals surface area (Å²) in [5.41, 5.74) is 1.74. The predicted molar refractivity (Wildman–Crippen MR) is 117 cm³/mol. The lowest BCUT2D eigenvalue weighted by molar-refractivity contribution is -0.126. The molecule has 7 nitrogen and oxygen atoms in total. The van der Waals surface area contributed by atoms with Crippen LogP contribution in [-0.2, 0) is 14.4 Å². The number of aromatic carboxylic acids is 1. The zero-order valence-corrected chi connectivity index (χ0v) is 17.3. The number of fused-ring (bicyclic) bond motifs is 1. The second-order valence-electron chi connectivity index (χ2n) is 7.54. The van der Waals surface area contributed by atoms with Crippen LogP contribution in [0.1, 0.15) is 22.0 Å². The number of carbonyl (C=O) groups is 3. The van der Waals surface area contributed by atoms with Crippen molar-refractivity contribution in [1.82, 2.24) is 0 Å². The van der Waals surface area contributed by atoms with E-state index in [1.54, 1.807) is 17.2 Å². The molecule has 0 radical (unpaired) electrons. The molecule has 2 amide bonds. The van der Waals surface area contributed by atoms with E-state index >= 15 is 0 Å². The molecule has 160 valence electrons. The van der Waals surface area contributed by atoms with Gasteiger partial charge in [0, 0.05) is 5.02 Å². The lowest BCUT2D eigenvalue weighted by Gasteiger charge is -2.29. The van der Waals surface area contributed by atoms with E-state index in [0.717, 1.165) is 4.90 Å². The molecule has 2 aliphatic heterocycles. The molecule has 3 atom stereocenters. The Balaban J connectivity index is 1.57. The molecular formula is C24H17ClN2O5. The molecule has 0 saturated carbocycles. The molecule has 0 aliphatic carbocycles. The Morgan fingerprint density at radius 2 is 1.50 bits per heavy atom. The molecule has 2 fully saturated rings. The van der Waals surface area contributed by atoms with E-state index < -0.39 is 35.8 Å². The fraction of sp³-hybridized carbons (Fsp3) is 0.125. The summed E-state index contributed by atoms with van der Waals surface area (Å²) in [6.07, 6.45) is -1.02. The summed E-state index contributed by atoms with van der Waals surface area (Å²) < 4.78 is 0. The Hall–Kier alpha value is -3.68. The second-order valence-corrected chi connectivity index (χ2v) is 7.95. The normalized spacial score (nSPS) is 22.3. The molecule has 0 unspecified atom stereocenters. The van der Waals surface area contributed by atoms with Gasteiger partial charge in [-0.05, 0) is 48.0 Å². The highest BCUT2D eigenvalue weighted by atomic mass is 35.5. The third-order valence-corrected chi connectivity index (χ3v) is 6.07. The standard InChI is InChI=1S/C24H17ClN2O5/c25-18-9-5-4-8-17(18)20-19-21(32-27(20)16-6-2-1-3-7-16)23(29)26(22(19)28)15-12-10-14(11-13-15)24(30)31/h1-13,19-21H,(H,30,31)/t19-,20+,21+/m1/s1. The van der Waals surface area contributed by atoms with E-state index in [1.807, 2.05) is 42.5 Å². The first-order valence-corrected chi connectivity index (χ1v) is 10.3. The maximum atomic E-state index is 13.5. The van der Waals surface area contributed by atoms with Gasteiger partial charge < -0.3 is 5.11 Å². The topological polar surface area (TPSA) is 87.2 Å². The molecule has 2 heterocycles. The quantitative estimate of drug-likeness (QED) is 0.605. The lowest BCUT2D eigenvalue weighted by Crippen LogP contribution is -2.37. The summed E-state index contributed by atoms with van der Waals surface area (Å²) in [4.78, 5) is 45.0. The van der Waals surface area contributed by atoms with Crippen LogP contribution in [0.25, 0.3) is 0 Å². The monoisotopic (exact) mass is 448 g/mol. The first-order valence-electron chi connectivity index (χ1n) is 9.94. The van der Waals surface area contributed by atoms with Gasteiger partial charge in [0.25, 0.3) is 5.91 Å². The van der Waals surface area contributed by atoms with Crippen molar-refractivity contribution < 1.29 is 24.3 Å². The van der Waals surface area contributed by atoms with Gasteiger partial charge in [-0.1, -0.05) is 48.0 Å². The predicted octanol–water partition coefficient (Wildman–Crippen LogP) is 4.09. The Morgan fingerprint density at radius 3 is 2.16 bits per heavy atom. The van der Waals surface area contributed by atoms with Crippen LogP contribution in [0, 0.1) is 5.92 Å². The largest absolute Gasteiger partial charge is 0.478 e. The van der Waals surface area contributed by atoms with Crippen molar-refractivity contribution >= 4 is 40.8 Å². The molecule has 8 heteroatoms. The number of amides is 2. The van der Waals surface area contributed by atoms with E-state index in [1.165, 1.54) is 24.3 Å². The SMILES string of the molecule is O=C(O)c1ccc(N2C(=O)[C@H]3[C@H](ON(c4ccccc4)[C@H]3c3ccccc3Cl)C2=O)cc1. The molecule has 3 aromatic carbocycles. The third-order valence-electron chi connectivity index (χ3n) is 5.72. The number of imide groups is 1. The summed E-state index contributed by atoms with van der Waals surface area (Å²) in [6.45, 7) is 0. The smallest absolute Gasteiger partial charge is 0.335 e. The number of hydrogen-bond acceptors (Lipinski definition) is 5. The summed E-state index contributed by atoms with van der Waals surface area (Å²) >= 11 is 6.48. The number of anilines is 2. The van der Waals surface area contributed by atoms with Gasteiger partial charge in [0.1, 0.15) is 5.92 Å². The lowest BCUT2D eigenvalue weighted by atomic mass is 9.90. The summed E-state index contributed by atoms with van der Waals surface area (Å²) in [6, 6.07) is 21.4. The van der Waals surface area contributed by atoms with Gasteiger partial charge in [0.05, 0.1) is 23.0 Å². The van der Waals surface area contributed by atoms with E-state index in [2.05, 4.69) is 0 Å². The minimum atomic E-state index is -1.09. The number of para-hydroxylation sites is 1. The van der Waals surface area contributed by atoms with Crippen LogP contribution < -0.4 is 9.96 Å². The Kier molecular flexibility index (Phi) is 4.92. The van der Waals surface area contributed by atoms with Crippen molar-refractivity contribution in [2.75, 3.05) is 9.96 Å². The molecule has 3 aromatic rings. The van der Waals surface area contributed by atoms with Gasteiger partial charge in [-0.2, -0.15) is 0 Å². The molecule has 2 aliphatic rings. The first kappa shape index (κ1) is 20.2. The van der Waals surface area contributed by atoms with Gasteiger partial charge in [0.15, 0.2) is 6.10 Å². The molecule has 0 spiro atoms. The van der Waals surface area contributed by atoms with Crippen LogP contribution in [0.5, 0.6) is 0 Å². The summed E-state index contributed by atoms with van der Waals surface area (Å²) in [5.74, 6) is -2.83. The molecule has 1 N–H and O–H groups in total. The van der Waals surface area contributed by atoms with Crippen molar-refractivity contribution in [1.29, 1.82) is 0 Å². The van der Waals surface area contributed by atoms with Crippen LogP contribution in [0.15, 0.2) is 78.9 Å². The van der Waals surface area contributed by atoms with E-state index in [-0.39, 0.29) is 5.56 Å². The van der Waals surface area contributed by atoms with Crippen molar-refractivity contribution in [3.63, 3.8) is 0 Å². The second kappa shape index (κ2) is 7.78. The number of hydrogen-bond donors (Lipinski definition) is 1. The van der Waals surface area contributed by atoms with Gasteiger partial charge in [-0.3, -0.25) is 14.4 Å². The zero-order chi connectivity index (χ0) is 22.4. The van der Waals surface area contributed by atoms with Crippen LogP contribution in [0.3, 0.4) is 0 Å². The Labute approximate surface area is 188 Å². The highest BCUT2D eigenvalue weighted by Gasteiger charge is 2.60. The van der Waals surface area contributed by atoms with Crippen molar-refractivity contribution in [2.45, 2.75) is 12.1 Å². The Morgan fingerprint density at radius 1 is 0.844 bits per heavy atom. The maximum Gasteiger partial charge on any atom is 0.335 e. The maximum absolute atomic E-state index is 13.5. The molecule has 0 bridgehead atoms. The van der Waals surface area contributed by atoms with E-state index in [4.69, 9.17) is 21.5 Å². The van der Waals surface area contributed by atoms with Gasteiger partial charge >= 0.3 is 5.97 Å². The number of carboxylic acids is 1. The minimum Gasteiger partial charge on any atom is -0.478 e. The van der Waals surface area contributed by atoms with Crippen molar-refractivity contribution in [3.8, 4) is 0 Å². The van der Waals surface area contributed by atoms with Gasteiger partial charge in [0.2, 0.25) is 5.91 Å². The van der Waals surface area contributed by atoms with E-state index in [9.17, 15) is 14.4 Å². The number of carbonyl (C=O) groups excluding carboxylic acids is 2. The number of carboxylic acid groups (broad SMARTS) is 1. The first-order chi connectivity index (χ1) is 15.5. The van der Waals surface area contributed by atoms with Gasteiger partial charge in [-0.15, -0.1) is 0 Å². The highest BCUT2D eigenvalue weighted by molar-refractivity contribution is 6.31. The van der Waals surface area contributed by atoms with Gasteiger partial charge in [-0.25, -0.2) is 14.8 Å². The number of benzene rings is 3. The fourth-order valence-electron chi connectivity index (χ4n) is 4.25. The number of halogens is 1. The number of hydroxylamine groups is 1. The van der Waals surface area contributed by atoms with Crippen LogP contribution in [-0.4, -0.2) is 29.0 Å². The highest BCUT2D eigenvalue weighted by Crippen LogP contribution is 2.48. The fourth-order valence-corrected chi connectivity index (χ4v) is 4.50. The van der Waals surface area contributed by atoms with E-state index in [0.29, 0.717) is 22.0 Å². The van der Waals surface area contributed by atoms with Crippen molar-refractivity contribution in [2.24, 2.45) is 5.92 Å². The minimum absolute atomic E-state index is 0.0634. The molecule has 5 rings (SSSR count). The Bertz CT molecular complexity index is 1210. The zero-order valence-electron chi connectivity index (χ0n) is 16.6. The third kappa shape index (κ3) is 3.14. The summed E-state index contributed by atoms with van der Waals surface area (Å²) in [5, 5.41) is 11.2. The summed E-state index contributed by atoms with van der Waals surface area (Å²) in [7, 11) is 0.